The van der Waals surface area contributed by atoms with E-state index in [0.717, 1.165) is 23.5 Å². The Morgan fingerprint density at radius 1 is 1.22 bits per heavy atom. The van der Waals surface area contributed by atoms with Gasteiger partial charge in [0.15, 0.2) is 0 Å². The Hall–Kier alpha value is -1.72. The second kappa shape index (κ2) is 6.06. The first-order valence-corrected chi connectivity index (χ1v) is 9.13. The number of hydrogen-bond donors (Lipinski definition) is 1. The summed E-state index contributed by atoms with van der Waals surface area (Å²) in [6.07, 6.45) is 2.44. The molecule has 5 heteroatoms. The Morgan fingerprint density at radius 3 is 2.70 bits per heavy atom. The standard InChI is InChI=1S/C18H21N3OS/c1-12-15(13(2)22-20-12)11-21-9-7-14(8-10-21)18-19-16-5-3-4-6-17(16)23-18/h3-6,14H,7-11H2,1-2H3/p+1. The highest BCUT2D eigenvalue weighted by Gasteiger charge is 2.27. The highest BCUT2D eigenvalue weighted by atomic mass is 32.1. The molecule has 0 amide bonds. The van der Waals surface area contributed by atoms with E-state index in [2.05, 4.69) is 29.4 Å². The molecule has 1 N–H and O–H groups in total. The van der Waals surface area contributed by atoms with Crippen LogP contribution in [0.25, 0.3) is 10.2 Å². The number of hydrogen-bond acceptors (Lipinski definition) is 4. The van der Waals surface area contributed by atoms with Crippen LogP contribution >= 0.6 is 11.3 Å². The molecular weight excluding hydrogens is 306 g/mol. The SMILES string of the molecule is Cc1noc(C)c1C[NH+]1CCC(c2nc3ccccc3s2)CC1. The number of para-hydroxylation sites is 1. The molecule has 1 aromatic carbocycles. The summed E-state index contributed by atoms with van der Waals surface area (Å²) in [5, 5.41) is 5.39. The highest BCUT2D eigenvalue weighted by Crippen LogP contribution is 2.31. The molecule has 0 saturated carbocycles. The molecule has 0 radical (unpaired) electrons. The van der Waals surface area contributed by atoms with Gasteiger partial charge in [-0.3, -0.25) is 0 Å². The van der Waals surface area contributed by atoms with Crippen molar-refractivity contribution in [2.24, 2.45) is 0 Å². The first-order chi connectivity index (χ1) is 11.2. The van der Waals surface area contributed by atoms with Crippen molar-refractivity contribution < 1.29 is 9.42 Å². The minimum atomic E-state index is 0.626. The third-order valence-electron chi connectivity index (χ3n) is 4.96. The lowest BCUT2D eigenvalue weighted by molar-refractivity contribution is -0.919. The van der Waals surface area contributed by atoms with E-state index < -0.39 is 0 Å². The van der Waals surface area contributed by atoms with Crippen LogP contribution < -0.4 is 4.90 Å². The summed E-state index contributed by atoms with van der Waals surface area (Å²) in [7, 11) is 0. The van der Waals surface area contributed by atoms with Crippen LogP contribution in [-0.4, -0.2) is 23.2 Å². The Morgan fingerprint density at radius 2 is 2.00 bits per heavy atom. The van der Waals surface area contributed by atoms with Gasteiger partial charge in [-0.2, -0.15) is 0 Å². The van der Waals surface area contributed by atoms with Crippen LogP contribution in [0.4, 0.5) is 0 Å². The number of thiazole rings is 1. The molecule has 1 aliphatic heterocycles. The van der Waals surface area contributed by atoms with Gasteiger partial charge < -0.3 is 9.42 Å². The zero-order valence-corrected chi connectivity index (χ0v) is 14.4. The highest BCUT2D eigenvalue weighted by molar-refractivity contribution is 7.18. The molecule has 4 rings (SSSR count). The third kappa shape index (κ3) is 2.91. The van der Waals surface area contributed by atoms with Gasteiger partial charge in [-0.05, 0) is 26.0 Å². The van der Waals surface area contributed by atoms with Crippen LogP contribution in [0.1, 0.15) is 40.8 Å². The number of fused-ring (bicyclic) bond motifs is 1. The summed E-state index contributed by atoms with van der Waals surface area (Å²) in [5.74, 6) is 1.60. The largest absolute Gasteiger partial charge is 0.361 e. The maximum Gasteiger partial charge on any atom is 0.142 e. The number of piperidine rings is 1. The summed E-state index contributed by atoms with van der Waals surface area (Å²) in [4.78, 5) is 6.49. The summed E-state index contributed by atoms with van der Waals surface area (Å²) >= 11 is 1.87. The molecule has 120 valence electrons. The molecule has 0 aliphatic carbocycles. The number of likely N-dealkylation sites (tertiary alicyclic amines) is 1. The van der Waals surface area contributed by atoms with Crippen LogP contribution in [0, 0.1) is 13.8 Å². The van der Waals surface area contributed by atoms with E-state index in [-0.39, 0.29) is 0 Å². The van der Waals surface area contributed by atoms with Gasteiger partial charge in [-0.1, -0.05) is 17.3 Å². The molecule has 0 unspecified atom stereocenters. The maximum atomic E-state index is 5.29. The quantitative estimate of drug-likeness (QED) is 0.804. The fourth-order valence-electron chi connectivity index (χ4n) is 3.52. The number of quaternary nitrogens is 1. The summed E-state index contributed by atoms with van der Waals surface area (Å²) in [6.45, 7) is 7.49. The van der Waals surface area contributed by atoms with E-state index in [4.69, 9.17) is 9.51 Å². The maximum absolute atomic E-state index is 5.29. The Labute approximate surface area is 140 Å². The fourth-order valence-corrected chi connectivity index (χ4v) is 4.66. The molecular formula is C18H22N3OS+. The number of rotatable bonds is 3. The lowest BCUT2D eigenvalue weighted by Gasteiger charge is -2.28. The van der Waals surface area contributed by atoms with E-state index in [1.807, 2.05) is 25.2 Å². The fraction of sp³-hybridized carbons (Fsp3) is 0.444. The van der Waals surface area contributed by atoms with Gasteiger partial charge in [0.1, 0.15) is 12.3 Å². The summed E-state index contributed by atoms with van der Waals surface area (Å²) < 4.78 is 6.60. The van der Waals surface area contributed by atoms with E-state index in [9.17, 15) is 0 Å². The average molecular weight is 328 g/mol. The van der Waals surface area contributed by atoms with E-state index in [1.54, 1.807) is 4.90 Å². The third-order valence-corrected chi connectivity index (χ3v) is 6.16. The topological polar surface area (TPSA) is 43.4 Å². The molecule has 3 heterocycles. The Kier molecular flexibility index (Phi) is 3.91. The van der Waals surface area contributed by atoms with Gasteiger partial charge in [0.2, 0.25) is 0 Å². The van der Waals surface area contributed by atoms with Crippen molar-refractivity contribution in [1.29, 1.82) is 0 Å². The first-order valence-electron chi connectivity index (χ1n) is 8.31. The predicted octanol–water partition coefficient (Wildman–Crippen LogP) is 2.86. The molecule has 0 spiro atoms. The average Bonchev–Trinajstić information content (AvgIpc) is 3.14. The van der Waals surface area contributed by atoms with Gasteiger partial charge in [-0.25, -0.2) is 4.98 Å². The normalized spacial score (nSPS) is 21.8. The van der Waals surface area contributed by atoms with Crippen molar-refractivity contribution in [3.8, 4) is 0 Å². The predicted molar refractivity (Wildman–Crippen MR) is 92.0 cm³/mol. The van der Waals surface area contributed by atoms with Crippen molar-refractivity contribution in [2.75, 3.05) is 13.1 Å². The Balaban J connectivity index is 1.42. The second-order valence-electron chi connectivity index (χ2n) is 6.52. The lowest BCUT2D eigenvalue weighted by atomic mass is 9.97. The van der Waals surface area contributed by atoms with Gasteiger partial charge in [0.25, 0.3) is 0 Å². The van der Waals surface area contributed by atoms with Gasteiger partial charge >= 0.3 is 0 Å². The van der Waals surface area contributed by atoms with Gasteiger partial charge in [0, 0.05) is 18.8 Å². The van der Waals surface area contributed by atoms with E-state index >= 15 is 0 Å². The lowest BCUT2D eigenvalue weighted by Crippen LogP contribution is -3.11. The number of aromatic nitrogens is 2. The zero-order chi connectivity index (χ0) is 15.8. The molecule has 0 atom stereocenters. The van der Waals surface area contributed by atoms with E-state index in [0.29, 0.717) is 5.92 Å². The van der Waals surface area contributed by atoms with Gasteiger partial charge in [-0.15, -0.1) is 11.3 Å². The van der Waals surface area contributed by atoms with Crippen molar-refractivity contribution >= 4 is 21.6 Å². The van der Waals surface area contributed by atoms with Crippen LogP contribution in [0.3, 0.4) is 0 Å². The van der Waals surface area contributed by atoms with Crippen molar-refractivity contribution in [3.05, 3.63) is 46.3 Å². The summed E-state index contributed by atoms with van der Waals surface area (Å²) in [5.41, 5.74) is 3.49. The molecule has 2 aromatic heterocycles. The molecule has 0 bridgehead atoms. The first kappa shape index (κ1) is 14.8. The number of aryl methyl sites for hydroxylation is 2. The molecule has 23 heavy (non-hydrogen) atoms. The van der Waals surface area contributed by atoms with Crippen molar-refractivity contribution in [1.82, 2.24) is 10.1 Å². The number of nitrogens with one attached hydrogen (secondary N) is 1. The van der Waals surface area contributed by atoms with E-state index in [1.165, 1.54) is 41.2 Å². The smallest absolute Gasteiger partial charge is 0.142 e. The van der Waals surface area contributed by atoms with Crippen molar-refractivity contribution in [3.63, 3.8) is 0 Å². The van der Waals surface area contributed by atoms with Gasteiger partial charge in [0.05, 0.1) is 39.6 Å². The monoisotopic (exact) mass is 328 g/mol. The number of benzene rings is 1. The van der Waals surface area contributed by atoms with Crippen LogP contribution in [0.15, 0.2) is 28.8 Å². The second-order valence-corrected chi connectivity index (χ2v) is 7.59. The van der Waals surface area contributed by atoms with Crippen molar-refractivity contribution in [2.45, 2.75) is 39.2 Å². The molecule has 1 aliphatic rings. The zero-order valence-electron chi connectivity index (χ0n) is 13.6. The minimum Gasteiger partial charge on any atom is -0.361 e. The molecule has 4 nitrogen and oxygen atoms in total. The Bertz CT molecular complexity index is 762. The van der Waals surface area contributed by atoms with Crippen LogP contribution in [0.2, 0.25) is 0 Å². The number of nitrogens with zero attached hydrogens (tertiary/aromatic N) is 2. The van der Waals surface area contributed by atoms with Crippen LogP contribution in [-0.2, 0) is 6.54 Å². The molecule has 1 saturated heterocycles. The van der Waals surface area contributed by atoms with Crippen LogP contribution in [0.5, 0.6) is 0 Å². The molecule has 3 aromatic rings. The minimum absolute atomic E-state index is 0.626. The summed E-state index contributed by atoms with van der Waals surface area (Å²) in [6, 6.07) is 8.46. The molecule has 1 fully saturated rings.